The molecule has 220 valence electrons. The fourth-order valence-electron chi connectivity index (χ4n) is 4.54. The number of ether oxygens (including phenoxy) is 1. The number of nitrogens with one attached hydrogen (secondary N) is 2. The van der Waals surface area contributed by atoms with Gasteiger partial charge in [-0.05, 0) is 75.3 Å². The van der Waals surface area contributed by atoms with Crippen molar-refractivity contribution in [1.29, 1.82) is 0 Å². The molecule has 2 aromatic heterocycles. The maximum Gasteiger partial charge on any atom is 0.418 e. The number of carboxylic acids is 1. The minimum absolute atomic E-state index is 0.0150. The van der Waals surface area contributed by atoms with E-state index in [0.29, 0.717) is 32.8 Å². The Morgan fingerprint density at radius 3 is 2.75 bits per heavy atom. The predicted octanol–water partition coefficient (Wildman–Crippen LogP) is 4.18. The molecule has 0 spiro atoms. The Labute approximate surface area is 232 Å². The number of carboxylic acid groups (broad SMARTS) is 1. The van der Waals surface area contributed by atoms with Gasteiger partial charge in [-0.2, -0.15) is 13.2 Å². The Balaban J connectivity index is 1.55. The lowest BCUT2D eigenvalue weighted by Gasteiger charge is -2.24. The number of pyridine rings is 2. The van der Waals surface area contributed by atoms with Crippen LogP contribution in [-0.4, -0.2) is 77.3 Å². The van der Waals surface area contributed by atoms with E-state index in [1.165, 1.54) is 5.56 Å². The highest BCUT2D eigenvalue weighted by Gasteiger charge is 2.36. The summed E-state index contributed by atoms with van der Waals surface area (Å²) in [6.07, 6.45) is 1.85. The van der Waals surface area contributed by atoms with Crippen LogP contribution in [0.4, 0.5) is 19.0 Å². The number of nitrogens with zero attached hydrogens (tertiary/aromatic N) is 3. The van der Waals surface area contributed by atoms with Crippen LogP contribution in [0, 0.1) is 0 Å². The zero-order chi connectivity index (χ0) is 29.0. The van der Waals surface area contributed by atoms with Crippen LogP contribution in [0.2, 0.25) is 0 Å². The Morgan fingerprint density at radius 1 is 1.18 bits per heavy atom. The number of amides is 1. The van der Waals surface area contributed by atoms with E-state index in [2.05, 4.69) is 32.7 Å². The fourth-order valence-corrected chi connectivity index (χ4v) is 4.54. The van der Waals surface area contributed by atoms with Crippen LogP contribution in [0.3, 0.4) is 0 Å². The van der Waals surface area contributed by atoms with Crippen molar-refractivity contribution in [3.05, 3.63) is 53.0 Å². The van der Waals surface area contributed by atoms with Gasteiger partial charge >= 0.3 is 12.1 Å². The van der Waals surface area contributed by atoms with Gasteiger partial charge in [0.2, 0.25) is 0 Å². The lowest BCUT2D eigenvalue weighted by Crippen LogP contribution is -2.44. The highest BCUT2D eigenvalue weighted by atomic mass is 19.4. The van der Waals surface area contributed by atoms with E-state index in [9.17, 15) is 27.9 Å². The SMILES string of the molecule is CCCOCCN(CCCCc1ccc2c(n1)NCCC2)CCC(NC(=O)c1ncccc1C(F)(F)F)C(=O)O. The van der Waals surface area contributed by atoms with Gasteiger partial charge in [0.1, 0.15) is 17.6 Å². The molecule has 3 heterocycles. The second-order valence-electron chi connectivity index (χ2n) is 9.80. The van der Waals surface area contributed by atoms with Crippen molar-refractivity contribution in [2.75, 3.05) is 44.7 Å². The maximum atomic E-state index is 13.3. The maximum absolute atomic E-state index is 13.3. The minimum atomic E-state index is -4.79. The molecule has 9 nitrogen and oxygen atoms in total. The van der Waals surface area contributed by atoms with Crippen molar-refractivity contribution < 1.29 is 32.6 Å². The quantitative estimate of drug-likeness (QED) is 0.260. The molecule has 0 radical (unpaired) electrons. The highest BCUT2D eigenvalue weighted by molar-refractivity contribution is 5.96. The van der Waals surface area contributed by atoms with E-state index >= 15 is 0 Å². The van der Waals surface area contributed by atoms with Crippen molar-refractivity contribution in [2.45, 2.75) is 64.1 Å². The summed E-state index contributed by atoms with van der Waals surface area (Å²) >= 11 is 0. The summed E-state index contributed by atoms with van der Waals surface area (Å²) in [6.45, 7) is 5.60. The number of anilines is 1. The first-order chi connectivity index (χ1) is 19.2. The molecule has 40 heavy (non-hydrogen) atoms. The van der Waals surface area contributed by atoms with Crippen LogP contribution in [0.5, 0.6) is 0 Å². The van der Waals surface area contributed by atoms with Crippen LogP contribution in [0.25, 0.3) is 0 Å². The number of alkyl halides is 3. The number of unbranched alkanes of at least 4 members (excludes halogenated alkanes) is 1. The highest BCUT2D eigenvalue weighted by Crippen LogP contribution is 2.31. The van der Waals surface area contributed by atoms with Gasteiger partial charge in [0.05, 0.1) is 12.2 Å². The first kappa shape index (κ1) is 31.3. The summed E-state index contributed by atoms with van der Waals surface area (Å²) < 4.78 is 45.5. The molecule has 0 aliphatic carbocycles. The smallest absolute Gasteiger partial charge is 0.418 e. The Morgan fingerprint density at radius 2 is 2.00 bits per heavy atom. The molecule has 1 aliphatic heterocycles. The largest absolute Gasteiger partial charge is 0.480 e. The Kier molecular flexibility index (Phi) is 12.1. The molecular formula is C28H38F3N5O4. The fraction of sp³-hybridized carbons (Fsp3) is 0.571. The number of rotatable bonds is 16. The van der Waals surface area contributed by atoms with Crippen molar-refractivity contribution in [3.8, 4) is 0 Å². The monoisotopic (exact) mass is 565 g/mol. The first-order valence-electron chi connectivity index (χ1n) is 13.8. The van der Waals surface area contributed by atoms with E-state index in [4.69, 9.17) is 9.72 Å². The molecule has 1 atom stereocenters. The number of halogens is 3. The van der Waals surface area contributed by atoms with Crippen LogP contribution in [-0.2, 0) is 28.5 Å². The van der Waals surface area contributed by atoms with Gasteiger partial charge in [0, 0.05) is 38.1 Å². The van der Waals surface area contributed by atoms with Gasteiger partial charge in [0.25, 0.3) is 5.91 Å². The summed E-state index contributed by atoms with van der Waals surface area (Å²) in [5.74, 6) is -1.54. The molecule has 1 unspecified atom stereocenters. The molecule has 0 saturated carbocycles. The zero-order valence-corrected chi connectivity index (χ0v) is 22.8. The van der Waals surface area contributed by atoms with Crippen molar-refractivity contribution in [1.82, 2.24) is 20.2 Å². The zero-order valence-electron chi connectivity index (χ0n) is 22.8. The topological polar surface area (TPSA) is 117 Å². The molecule has 2 aromatic rings. The minimum Gasteiger partial charge on any atom is -0.480 e. The number of hydrogen-bond donors (Lipinski definition) is 3. The number of carbonyl (C=O) groups is 2. The number of hydrogen-bond acceptors (Lipinski definition) is 7. The predicted molar refractivity (Wildman–Crippen MR) is 144 cm³/mol. The van der Waals surface area contributed by atoms with Crippen LogP contribution < -0.4 is 10.6 Å². The molecule has 3 N–H and O–H groups in total. The summed E-state index contributed by atoms with van der Waals surface area (Å²) in [7, 11) is 0. The molecule has 1 amide bonds. The third-order valence-corrected chi connectivity index (χ3v) is 6.68. The summed E-state index contributed by atoms with van der Waals surface area (Å²) in [4.78, 5) is 34.8. The van der Waals surface area contributed by atoms with E-state index in [0.717, 1.165) is 74.9 Å². The third kappa shape index (κ3) is 9.74. The summed E-state index contributed by atoms with van der Waals surface area (Å²) in [5, 5.41) is 15.2. The average Bonchev–Trinajstić information content (AvgIpc) is 2.94. The number of fused-ring (bicyclic) bond motifs is 1. The van der Waals surface area contributed by atoms with Gasteiger partial charge in [-0.25, -0.2) is 9.78 Å². The molecule has 0 bridgehead atoms. The number of aryl methyl sites for hydroxylation is 2. The average molecular weight is 566 g/mol. The van der Waals surface area contributed by atoms with Crippen LogP contribution in [0.1, 0.15) is 66.3 Å². The van der Waals surface area contributed by atoms with Gasteiger partial charge in [-0.1, -0.05) is 13.0 Å². The lowest BCUT2D eigenvalue weighted by atomic mass is 10.1. The standard InChI is InChI=1S/C28H38F3N5O4/c1-2-18-40-19-17-36(15-4-3-8-21-11-10-20-7-5-14-33-25(20)34-21)16-12-23(27(38)39)35-26(37)24-22(28(29,30)31)9-6-13-32-24/h6,9-11,13,23H,2-5,7-8,12,14-19H2,1H3,(H,33,34)(H,35,37)(H,38,39). The van der Waals surface area contributed by atoms with Crippen LogP contribution in [0.15, 0.2) is 30.5 Å². The van der Waals surface area contributed by atoms with Gasteiger partial charge in [0.15, 0.2) is 0 Å². The van der Waals surface area contributed by atoms with Gasteiger partial charge in [-0.3, -0.25) is 9.78 Å². The number of aliphatic carboxylic acids is 1. The Hall–Kier alpha value is -3.25. The van der Waals surface area contributed by atoms with Crippen LogP contribution >= 0.6 is 0 Å². The van der Waals surface area contributed by atoms with E-state index in [1.807, 2.05) is 6.92 Å². The first-order valence-corrected chi connectivity index (χ1v) is 13.8. The van der Waals surface area contributed by atoms with Crippen molar-refractivity contribution in [2.24, 2.45) is 0 Å². The van der Waals surface area contributed by atoms with E-state index in [-0.39, 0.29) is 6.42 Å². The van der Waals surface area contributed by atoms with E-state index in [1.54, 1.807) is 0 Å². The molecule has 0 fully saturated rings. The molecule has 1 aliphatic rings. The third-order valence-electron chi connectivity index (χ3n) is 6.68. The number of carbonyl (C=O) groups excluding carboxylic acids is 1. The Bertz CT molecular complexity index is 1120. The van der Waals surface area contributed by atoms with Crippen molar-refractivity contribution >= 4 is 17.7 Å². The van der Waals surface area contributed by atoms with Gasteiger partial charge < -0.3 is 25.4 Å². The molecule has 3 rings (SSSR count). The summed E-state index contributed by atoms with van der Waals surface area (Å²) in [6, 6.07) is 4.64. The lowest BCUT2D eigenvalue weighted by molar-refractivity contribution is -0.139. The van der Waals surface area contributed by atoms with E-state index < -0.39 is 35.4 Å². The van der Waals surface area contributed by atoms with Crippen molar-refractivity contribution in [3.63, 3.8) is 0 Å². The van der Waals surface area contributed by atoms with Gasteiger partial charge in [-0.15, -0.1) is 0 Å². The normalized spacial score (nSPS) is 13.9. The summed E-state index contributed by atoms with van der Waals surface area (Å²) in [5.41, 5.74) is 0.200. The number of aromatic nitrogens is 2. The molecular weight excluding hydrogens is 527 g/mol. The molecule has 12 heteroatoms. The second kappa shape index (κ2) is 15.5. The molecule has 0 saturated heterocycles. The second-order valence-corrected chi connectivity index (χ2v) is 9.80. The molecule has 0 aromatic carbocycles.